The highest BCUT2D eigenvalue weighted by molar-refractivity contribution is 6.34. The second-order valence-corrected chi connectivity index (χ2v) is 5.27. The quantitative estimate of drug-likeness (QED) is 0.566. The summed E-state index contributed by atoms with van der Waals surface area (Å²) in [5, 5.41) is 3.22. The zero-order valence-electron chi connectivity index (χ0n) is 12.1. The van der Waals surface area contributed by atoms with E-state index in [4.69, 9.17) is 22.1 Å². The van der Waals surface area contributed by atoms with Gasteiger partial charge in [-0.2, -0.15) is 0 Å². The Morgan fingerprint density at radius 3 is 2.90 bits per heavy atom. The monoisotopic (exact) mass is 298 g/mol. The van der Waals surface area contributed by atoms with E-state index in [2.05, 4.69) is 19.2 Å². The fourth-order valence-electron chi connectivity index (χ4n) is 1.85. The van der Waals surface area contributed by atoms with E-state index in [1.54, 1.807) is 18.2 Å². The molecule has 3 N–H and O–H groups in total. The van der Waals surface area contributed by atoms with Crippen molar-refractivity contribution < 1.29 is 9.53 Å². The molecule has 0 heterocycles. The van der Waals surface area contributed by atoms with Crippen molar-refractivity contribution in [3.63, 3.8) is 0 Å². The summed E-state index contributed by atoms with van der Waals surface area (Å²) in [6, 6.07) is 5.03. The average Bonchev–Trinajstić information content (AvgIpc) is 2.38. The van der Waals surface area contributed by atoms with Crippen LogP contribution >= 0.6 is 11.6 Å². The minimum absolute atomic E-state index is 0.0663. The van der Waals surface area contributed by atoms with E-state index in [0.29, 0.717) is 35.8 Å². The normalized spacial score (nSPS) is 12.2. The van der Waals surface area contributed by atoms with Gasteiger partial charge in [0.05, 0.1) is 16.8 Å². The van der Waals surface area contributed by atoms with E-state index in [1.165, 1.54) is 0 Å². The van der Waals surface area contributed by atoms with E-state index in [-0.39, 0.29) is 12.0 Å². The third-order valence-corrected chi connectivity index (χ3v) is 3.23. The van der Waals surface area contributed by atoms with Gasteiger partial charge in [0, 0.05) is 18.7 Å². The van der Waals surface area contributed by atoms with Gasteiger partial charge in [0.15, 0.2) is 0 Å². The maximum absolute atomic E-state index is 11.8. The van der Waals surface area contributed by atoms with Crippen molar-refractivity contribution in [2.45, 2.75) is 45.6 Å². The van der Waals surface area contributed by atoms with Crippen molar-refractivity contribution in [1.29, 1.82) is 0 Å². The highest BCUT2D eigenvalue weighted by atomic mass is 35.5. The molecule has 0 spiro atoms. The first-order chi connectivity index (χ1) is 9.52. The van der Waals surface area contributed by atoms with Gasteiger partial charge in [-0.25, -0.2) is 0 Å². The Morgan fingerprint density at radius 1 is 1.50 bits per heavy atom. The van der Waals surface area contributed by atoms with E-state index in [1.807, 2.05) is 0 Å². The molecule has 1 aromatic rings. The average molecular weight is 299 g/mol. The summed E-state index contributed by atoms with van der Waals surface area (Å²) < 4.78 is 5.60. The minimum atomic E-state index is -0.0663. The molecule has 1 rings (SSSR count). The van der Waals surface area contributed by atoms with E-state index in [9.17, 15) is 4.79 Å². The zero-order chi connectivity index (χ0) is 15.0. The number of ether oxygens (including phenoxy) is 1. The summed E-state index contributed by atoms with van der Waals surface area (Å²) in [6.07, 6.45) is 3.53. The van der Waals surface area contributed by atoms with E-state index >= 15 is 0 Å². The number of benzene rings is 1. The van der Waals surface area contributed by atoms with Crippen LogP contribution in [-0.2, 0) is 9.53 Å². The summed E-state index contributed by atoms with van der Waals surface area (Å²) in [5.41, 5.74) is 6.76. The largest absolute Gasteiger partial charge is 0.399 e. The lowest BCUT2D eigenvalue weighted by atomic mass is 10.2. The molecule has 5 heteroatoms. The number of amides is 1. The first-order valence-electron chi connectivity index (χ1n) is 6.99. The summed E-state index contributed by atoms with van der Waals surface area (Å²) in [7, 11) is 0. The van der Waals surface area contributed by atoms with Gasteiger partial charge in [0.2, 0.25) is 5.91 Å². The molecule has 0 fully saturated rings. The number of rotatable bonds is 8. The number of hydrogen-bond donors (Lipinski definition) is 2. The molecule has 0 aliphatic carbocycles. The van der Waals surface area contributed by atoms with Crippen LogP contribution in [0.4, 0.5) is 11.4 Å². The molecule has 0 radical (unpaired) electrons. The van der Waals surface area contributed by atoms with Crippen LogP contribution < -0.4 is 11.1 Å². The molecule has 112 valence electrons. The zero-order valence-corrected chi connectivity index (χ0v) is 12.9. The lowest BCUT2D eigenvalue weighted by Crippen LogP contribution is -2.14. The van der Waals surface area contributed by atoms with E-state index < -0.39 is 0 Å². The third kappa shape index (κ3) is 6.26. The highest BCUT2D eigenvalue weighted by Gasteiger charge is 2.07. The van der Waals surface area contributed by atoms with Gasteiger partial charge in [-0.05, 0) is 38.0 Å². The number of nitrogens with one attached hydrogen (secondary N) is 1. The maximum atomic E-state index is 11.8. The van der Waals surface area contributed by atoms with Gasteiger partial charge in [-0.15, -0.1) is 0 Å². The Hall–Kier alpha value is -1.26. The van der Waals surface area contributed by atoms with Crippen molar-refractivity contribution >= 4 is 28.9 Å². The predicted octanol–water partition coefficient (Wildman–Crippen LogP) is 3.85. The van der Waals surface area contributed by atoms with E-state index in [0.717, 1.165) is 12.8 Å². The first kappa shape index (κ1) is 16.8. The molecule has 1 aromatic carbocycles. The second-order valence-electron chi connectivity index (χ2n) is 4.86. The number of carbonyl (C=O) groups excluding carboxylic acids is 1. The lowest BCUT2D eigenvalue weighted by Gasteiger charge is -2.12. The molecular weight excluding hydrogens is 276 g/mol. The molecule has 0 saturated carbocycles. The molecular formula is C15H23ClN2O2. The molecule has 0 aliphatic heterocycles. The maximum Gasteiger partial charge on any atom is 0.224 e. The summed E-state index contributed by atoms with van der Waals surface area (Å²) in [4.78, 5) is 11.8. The van der Waals surface area contributed by atoms with Crippen LogP contribution in [0, 0.1) is 0 Å². The fraction of sp³-hybridized carbons (Fsp3) is 0.533. The molecule has 1 amide bonds. The predicted molar refractivity (Wildman–Crippen MR) is 84.1 cm³/mol. The Kier molecular flexibility index (Phi) is 7.41. The smallest absolute Gasteiger partial charge is 0.224 e. The molecule has 1 atom stereocenters. The Bertz CT molecular complexity index is 438. The highest BCUT2D eigenvalue weighted by Crippen LogP contribution is 2.24. The Morgan fingerprint density at radius 2 is 2.25 bits per heavy atom. The van der Waals surface area contributed by atoms with Crippen LogP contribution in [0.3, 0.4) is 0 Å². The van der Waals surface area contributed by atoms with Gasteiger partial charge in [0.25, 0.3) is 0 Å². The number of anilines is 2. The van der Waals surface area contributed by atoms with Crippen molar-refractivity contribution in [3.8, 4) is 0 Å². The van der Waals surface area contributed by atoms with Gasteiger partial charge >= 0.3 is 0 Å². The summed E-state index contributed by atoms with van der Waals surface area (Å²) in [6.45, 7) is 4.78. The van der Waals surface area contributed by atoms with Gasteiger partial charge in [0.1, 0.15) is 0 Å². The third-order valence-electron chi connectivity index (χ3n) is 2.91. The number of nitrogens with two attached hydrogens (primary N) is 1. The number of carbonyl (C=O) groups is 1. The standard InChI is InChI=1S/C15H23ClN2O2/c1-3-5-11(2)20-9-4-6-15(19)18-14-8-7-12(17)10-13(14)16/h7-8,10-11H,3-6,9,17H2,1-2H3,(H,18,19). The van der Waals surface area contributed by atoms with Crippen molar-refractivity contribution in [2.24, 2.45) is 0 Å². The van der Waals surface area contributed by atoms with Crippen molar-refractivity contribution in [1.82, 2.24) is 0 Å². The van der Waals surface area contributed by atoms with Crippen LogP contribution in [-0.4, -0.2) is 18.6 Å². The molecule has 0 aromatic heterocycles. The Labute approximate surface area is 125 Å². The minimum Gasteiger partial charge on any atom is -0.399 e. The summed E-state index contributed by atoms with van der Waals surface area (Å²) >= 11 is 5.99. The summed E-state index contributed by atoms with van der Waals surface area (Å²) in [5.74, 6) is -0.0663. The molecule has 0 saturated heterocycles. The molecule has 4 nitrogen and oxygen atoms in total. The molecule has 1 unspecified atom stereocenters. The molecule has 0 aliphatic rings. The first-order valence-corrected chi connectivity index (χ1v) is 7.37. The van der Waals surface area contributed by atoms with Gasteiger partial charge in [-0.3, -0.25) is 4.79 Å². The van der Waals surface area contributed by atoms with Gasteiger partial charge in [-0.1, -0.05) is 24.9 Å². The van der Waals surface area contributed by atoms with Crippen molar-refractivity contribution in [2.75, 3.05) is 17.7 Å². The van der Waals surface area contributed by atoms with Crippen LogP contribution in [0.1, 0.15) is 39.5 Å². The number of hydrogen-bond acceptors (Lipinski definition) is 3. The van der Waals surface area contributed by atoms with Crippen molar-refractivity contribution in [3.05, 3.63) is 23.2 Å². The molecule has 20 heavy (non-hydrogen) atoms. The Balaban J connectivity index is 2.26. The topological polar surface area (TPSA) is 64.3 Å². The van der Waals surface area contributed by atoms with Crippen LogP contribution in [0.2, 0.25) is 5.02 Å². The SMILES string of the molecule is CCCC(C)OCCCC(=O)Nc1ccc(N)cc1Cl. The van der Waals surface area contributed by atoms with Crippen LogP contribution in [0.15, 0.2) is 18.2 Å². The fourth-order valence-corrected chi connectivity index (χ4v) is 2.09. The second kappa shape index (κ2) is 8.82. The van der Waals surface area contributed by atoms with Crippen LogP contribution in [0.25, 0.3) is 0 Å². The number of nitrogen functional groups attached to an aromatic ring is 1. The molecule has 0 bridgehead atoms. The van der Waals surface area contributed by atoms with Gasteiger partial charge < -0.3 is 15.8 Å². The number of halogens is 1. The lowest BCUT2D eigenvalue weighted by molar-refractivity contribution is -0.116. The van der Waals surface area contributed by atoms with Crippen LogP contribution in [0.5, 0.6) is 0 Å².